The molecule has 1 aliphatic heterocycles. The molecular formula is C77H45BN4S. The molecule has 0 atom stereocenters. The number of aromatic nitrogens is 4. The fourth-order valence-corrected chi connectivity index (χ4v) is 16.0. The predicted molar refractivity (Wildman–Crippen MR) is 353 cm³/mol. The molecule has 83 heavy (non-hydrogen) atoms. The molecule has 0 amide bonds. The number of para-hydroxylation sites is 2. The zero-order valence-electron chi connectivity index (χ0n) is 44.8. The number of thiophene rings is 1. The van der Waals surface area contributed by atoms with Crippen molar-refractivity contribution in [2.75, 3.05) is 0 Å². The van der Waals surface area contributed by atoms with E-state index in [2.05, 4.69) is 287 Å². The Labute approximate surface area is 481 Å². The van der Waals surface area contributed by atoms with Crippen molar-refractivity contribution in [3.63, 3.8) is 0 Å². The fourth-order valence-electron chi connectivity index (χ4n) is 14.9. The molecule has 0 aliphatic carbocycles. The molecule has 0 N–H and O–H groups in total. The van der Waals surface area contributed by atoms with Crippen molar-refractivity contribution in [2.45, 2.75) is 0 Å². The van der Waals surface area contributed by atoms with Crippen LogP contribution in [0.3, 0.4) is 0 Å². The highest BCUT2D eigenvalue weighted by Crippen LogP contribution is 2.49. The highest BCUT2D eigenvalue weighted by Gasteiger charge is 2.39. The standard InChI is InChI=1S/C77H45BN4S/c1-5-20-46(21-6-1)51-31-19-32-52(47-22-7-2-8-23-47)74(51)78-62-42-50(80-64-33-16-13-28-53(64)54-29-14-17-34-65(54)80)36-38-66(62)82-76-63(78)45-61-60-44-58(49-26-11-4-12-27-49)57(48-24-9-3-10-25-48)43-59(60)55-37-39-67(73(76)71(55)61)81-68-40-41-70-72(75(68)79-77(81)82)56-30-15-18-35-69(56)83-70/h1-45H. The molecule has 6 heteroatoms. The molecule has 5 heterocycles. The normalized spacial score (nSPS) is 12.6. The second kappa shape index (κ2) is 17.0. The summed E-state index contributed by atoms with van der Waals surface area (Å²) in [4.78, 5) is 5.98. The molecule has 4 nitrogen and oxygen atoms in total. The minimum absolute atomic E-state index is 0.252. The third kappa shape index (κ3) is 6.22. The molecule has 0 fully saturated rings. The van der Waals surface area contributed by atoms with Crippen LogP contribution in [0.4, 0.5) is 0 Å². The van der Waals surface area contributed by atoms with E-state index < -0.39 is 0 Å². The van der Waals surface area contributed by atoms with Crippen molar-refractivity contribution in [3.05, 3.63) is 273 Å². The molecule has 14 aromatic carbocycles. The third-order valence-electron chi connectivity index (χ3n) is 18.3. The number of hydrogen-bond donors (Lipinski definition) is 0. The SMILES string of the molecule is c1ccc(-c2cc3c(cc2-c2ccccc2)c2cc4c5c6c2c3ccc6n2c3ccc6sc7ccccc7c6c3nc2n5-c2ccc(-n3c5ccccc5c5ccccc53)cc2B4c2c(-c3ccccc3)cccc2-c2ccccc2)cc1. The molecule has 4 aromatic heterocycles. The summed E-state index contributed by atoms with van der Waals surface area (Å²) in [7, 11) is 0. The molecule has 0 spiro atoms. The molecule has 0 radical (unpaired) electrons. The van der Waals surface area contributed by atoms with E-state index in [4.69, 9.17) is 4.98 Å². The first-order chi connectivity index (χ1) is 41.2. The van der Waals surface area contributed by atoms with E-state index in [1.54, 1.807) is 0 Å². The average molecular weight is 1070 g/mol. The van der Waals surface area contributed by atoms with Gasteiger partial charge >= 0.3 is 0 Å². The van der Waals surface area contributed by atoms with E-state index in [-0.39, 0.29) is 6.71 Å². The predicted octanol–water partition coefficient (Wildman–Crippen LogP) is 18.3. The number of imidazole rings is 1. The second-order valence-corrected chi connectivity index (χ2v) is 23.5. The Morgan fingerprint density at radius 1 is 0.325 bits per heavy atom. The van der Waals surface area contributed by atoms with Crippen LogP contribution in [0.1, 0.15) is 0 Å². The molecule has 382 valence electrons. The molecule has 19 rings (SSSR count). The van der Waals surface area contributed by atoms with Gasteiger partial charge in [0, 0.05) is 53.1 Å². The quantitative estimate of drug-likeness (QED) is 0.153. The lowest BCUT2D eigenvalue weighted by Gasteiger charge is -2.33. The van der Waals surface area contributed by atoms with Gasteiger partial charge in [-0.25, -0.2) is 4.98 Å². The van der Waals surface area contributed by atoms with E-state index in [0.717, 1.165) is 33.7 Å². The van der Waals surface area contributed by atoms with Crippen molar-refractivity contribution >= 4 is 137 Å². The van der Waals surface area contributed by atoms with Crippen molar-refractivity contribution in [2.24, 2.45) is 0 Å². The van der Waals surface area contributed by atoms with Gasteiger partial charge in [-0.05, 0) is 144 Å². The smallest absolute Gasteiger partial charge is 0.248 e. The number of benzene rings is 13. The molecular weight excluding hydrogens is 1020 g/mol. The van der Waals surface area contributed by atoms with Gasteiger partial charge in [0.05, 0.1) is 27.6 Å². The van der Waals surface area contributed by atoms with Crippen LogP contribution in [0.15, 0.2) is 273 Å². The van der Waals surface area contributed by atoms with Gasteiger partial charge in [-0.3, -0.25) is 8.97 Å². The average Bonchev–Trinajstić information content (AvgIpc) is 2.33. The molecule has 0 saturated carbocycles. The second-order valence-electron chi connectivity index (χ2n) is 22.5. The number of nitrogens with zero attached hydrogens (tertiary/aromatic N) is 4. The zero-order valence-corrected chi connectivity index (χ0v) is 45.6. The summed E-state index contributed by atoms with van der Waals surface area (Å²) in [5.74, 6) is 0.900. The van der Waals surface area contributed by atoms with Crippen LogP contribution in [0, 0.1) is 0 Å². The van der Waals surface area contributed by atoms with Crippen LogP contribution in [-0.4, -0.2) is 25.2 Å². The van der Waals surface area contributed by atoms with Crippen molar-refractivity contribution in [3.8, 4) is 55.9 Å². The molecule has 0 bridgehead atoms. The Morgan fingerprint density at radius 2 is 0.880 bits per heavy atom. The summed E-state index contributed by atoms with van der Waals surface area (Å²) >= 11 is 1.85. The zero-order chi connectivity index (χ0) is 54.0. The monoisotopic (exact) mass is 1070 g/mol. The first-order valence-electron chi connectivity index (χ1n) is 28.6. The highest BCUT2D eigenvalue weighted by molar-refractivity contribution is 7.26. The van der Waals surface area contributed by atoms with E-state index in [0.29, 0.717) is 0 Å². The maximum absolute atomic E-state index is 5.98. The molecule has 1 aliphatic rings. The number of rotatable bonds is 6. The van der Waals surface area contributed by atoms with Crippen LogP contribution in [-0.2, 0) is 0 Å². The van der Waals surface area contributed by atoms with Gasteiger partial charge in [0.15, 0.2) is 0 Å². The van der Waals surface area contributed by atoms with E-state index in [9.17, 15) is 0 Å². The van der Waals surface area contributed by atoms with Gasteiger partial charge in [-0.2, -0.15) is 0 Å². The number of fused-ring (bicyclic) bond motifs is 17. The first kappa shape index (κ1) is 45.2. The maximum atomic E-state index is 5.98. The Balaban J connectivity index is 1.04. The fraction of sp³-hybridized carbons (Fsp3) is 0. The summed E-state index contributed by atoms with van der Waals surface area (Å²) in [6, 6.07) is 102. The topological polar surface area (TPSA) is 27.2 Å². The summed E-state index contributed by atoms with van der Waals surface area (Å²) < 4.78 is 10.1. The van der Waals surface area contributed by atoms with E-state index in [1.165, 1.54) is 141 Å². The number of hydrogen-bond acceptors (Lipinski definition) is 2. The van der Waals surface area contributed by atoms with Crippen LogP contribution < -0.4 is 16.4 Å². The Morgan fingerprint density at radius 3 is 1.52 bits per heavy atom. The van der Waals surface area contributed by atoms with Crippen molar-refractivity contribution in [1.29, 1.82) is 0 Å². The summed E-state index contributed by atoms with van der Waals surface area (Å²) in [5, 5.41) is 12.5. The first-order valence-corrected chi connectivity index (χ1v) is 29.5. The van der Waals surface area contributed by atoms with Crippen molar-refractivity contribution < 1.29 is 0 Å². The van der Waals surface area contributed by atoms with Gasteiger partial charge in [-0.1, -0.05) is 212 Å². The third-order valence-corrected chi connectivity index (χ3v) is 19.4. The lowest BCUT2D eigenvalue weighted by molar-refractivity contribution is 1.06. The van der Waals surface area contributed by atoms with Crippen LogP contribution in [0.25, 0.3) is 158 Å². The van der Waals surface area contributed by atoms with Crippen LogP contribution in [0.5, 0.6) is 0 Å². The van der Waals surface area contributed by atoms with Gasteiger partial charge < -0.3 is 4.57 Å². The van der Waals surface area contributed by atoms with E-state index >= 15 is 0 Å². The van der Waals surface area contributed by atoms with Gasteiger partial charge in [0.25, 0.3) is 0 Å². The van der Waals surface area contributed by atoms with Gasteiger partial charge in [-0.15, -0.1) is 11.3 Å². The Bertz CT molecular complexity index is 5630. The summed E-state index contributed by atoms with van der Waals surface area (Å²) in [6.07, 6.45) is 0. The maximum Gasteiger partial charge on any atom is 0.248 e. The molecule has 0 unspecified atom stereocenters. The summed E-state index contributed by atoms with van der Waals surface area (Å²) in [5.41, 5.74) is 22.4. The summed E-state index contributed by atoms with van der Waals surface area (Å²) in [6.45, 7) is -0.252. The minimum Gasteiger partial charge on any atom is -0.309 e. The minimum atomic E-state index is -0.252. The van der Waals surface area contributed by atoms with Crippen molar-refractivity contribution in [1.82, 2.24) is 18.5 Å². The Hall–Kier alpha value is -10.5. The highest BCUT2D eigenvalue weighted by atomic mass is 32.1. The van der Waals surface area contributed by atoms with Gasteiger partial charge in [0.2, 0.25) is 12.5 Å². The Kier molecular flexibility index (Phi) is 9.27. The lowest BCUT2D eigenvalue weighted by Crippen LogP contribution is -2.57. The van der Waals surface area contributed by atoms with E-state index in [1.807, 2.05) is 11.3 Å². The lowest BCUT2D eigenvalue weighted by atomic mass is 9.33. The molecule has 0 saturated heterocycles. The van der Waals surface area contributed by atoms with Crippen LogP contribution >= 0.6 is 11.3 Å². The molecule has 18 aromatic rings. The van der Waals surface area contributed by atoms with Crippen LogP contribution in [0.2, 0.25) is 0 Å². The van der Waals surface area contributed by atoms with Gasteiger partial charge in [0.1, 0.15) is 5.52 Å². The largest absolute Gasteiger partial charge is 0.309 e.